The van der Waals surface area contributed by atoms with Gasteiger partial charge in [0.25, 0.3) is 0 Å². The molecular formula is C18H14N2O2. The number of rotatable bonds is 2. The van der Waals surface area contributed by atoms with Gasteiger partial charge in [-0.25, -0.2) is 4.98 Å². The van der Waals surface area contributed by atoms with Gasteiger partial charge >= 0.3 is 0 Å². The van der Waals surface area contributed by atoms with E-state index in [1.807, 2.05) is 36.4 Å². The predicted molar refractivity (Wildman–Crippen MR) is 84.4 cm³/mol. The number of allylic oxidation sites excluding steroid dienone is 3. The molecule has 2 aromatic heterocycles. The molecule has 4 rings (SSSR count). The number of nitrogens with zero attached hydrogens (tertiary/aromatic N) is 2. The SMILES string of the molecule is OC1=CCC(c2coc(-c3ccc4ncccc4c3)n2)C=C1. The lowest BCUT2D eigenvalue weighted by Crippen LogP contribution is -1.98. The molecular weight excluding hydrogens is 276 g/mol. The van der Waals surface area contributed by atoms with E-state index in [1.165, 1.54) is 0 Å². The lowest BCUT2D eigenvalue weighted by Gasteiger charge is -2.10. The monoisotopic (exact) mass is 290 g/mol. The topological polar surface area (TPSA) is 59.2 Å². The molecule has 0 bridgehead atoms. The molecule has 0 aliphatic heterocycles. The van der Waals surface area contributed by atoms with E-state index in [9.17, 15) is 5.11 Å². The maximum absolute atomic E-state index is 9.38. The molecule has 22 heavy (non-hydrogen) atoms. The minimum Gasteiger partial charge on any atom is -0.508 e. The number of hydrogen-bond donors (Lipinski definition) is 1. The number of aliphatic hydroxyl groups excluding tert-OH is 1. The van der Waals surface area contributed by atoms with Crippen LogP contribution in [0.4, 0.5) is 0 Å². The Morgan fingerprint density at radius 1 is 1.23 bits per heavy atom. The summed E-state index contributed by atoms with van der Waals surface area (Å²) in [6.45, 7) is 0. The highest BCUT2D eigenvalue weighted by Crippen LogP contribution is 2.29. The largest absolute Gasteiger partial charge is 0.508 e. The van der Waals surface area contributed by atoms with Crippen LogP contribution in [-0.2, 0) is 0 Å². The summed E-state index contributed by atoms with van der Waals surface area (Å²) in [5, 5.41) is 10.4. The summed E-state index contributed by atoms with van der Waals surface area (Å²) >= 11 is 0. The number of hydrogen-bond acceptors (Lipinski definition) is 4. The normalized spacial score (nSPS) is 17.6. The molecule has 4 nitrogen and oxygen atoms in total. The van der Waals surface area contributed by atoms with Crippen molar-refractivity contribution in [2.24, 2.45) is 0 Å². The summed E-state index contributed by atoms with van der Waals surface area (Å²) < 4.78 is 5.63. The highest BCUT2D eigenvalue weighted by Gasteiger charge is 2.16. The van der Waals surface area contributed by atoms with Crippen LogP contribution in [0, 0.1) is 0 Å². The van der Waals surface area contributed by atoms with Crippen LogP contribution in [-0.4, -0.2) is 15.1 Å². The van der Waals surface area contributed by atoms with Gasteiger partial charge in [0, 0.05) is 23.1 Å². The van der Waals surface area contributed by atoms with Gasteiger partial charge < -0.3 is 9.52 Å². The Labute approximate surface area is 127 Å². The molecule has 1 aromatic carbocycles. The molecule has 0 saturated heterocycles. The van der Waals surface area contributed by atoms with Crippen LogP contribution in [0.3, 0.4) is 0 Å². The molecule has 1 N–H and O–H groups in total. The van der Waals surface area contributed by atoms with Crippen LogP contribution in [0.5, 0.6) is 0 Å². The highest BCUT2D eigenvalue weighted by atomic mass is 16.3. The third kappa shape index (κ3) is 2.29. The number of fused-ring (bicyclic) bond motifs is 1. The molecule has 1 aliphatic rings. The lowest BCUT2D eigenvalue weighted by molar-refractivity contribution is 0.425. The van der Waals surface area contributed by atoms with Crippen molar-refractivity contribution >= 4 is 10.9 Å². The first-order chi connectivity index (χ1) is 10.8. The molecule has 108 valence electrons. The Bertz CT molecular complexity index is 893. The zero-order valence-corrected chi connectivity index (χ0v) is 11.8. The fourth-order valence-electron chi connectivity index (χ4n) is 2.63. The predicted octanol–water partition coefficient (Wildman–Crippen LogP) is 4.38. The molecule has 0 spiro atoms. The Morgan fingerprint density at radius 2 is 2.18 bits per heavy atom. The van der Waals surface area contributed by atoms with E-state index >= 15 is 0 Å². The maximum Gasteiger partial charge on any atom is 0.226 e. The number of aliphatic hydroxyl groups is 1. The number of oxazole rings is 1. The average Bonchev–Trinajstić information content (AvgIpc) is 3.05. The second kappa shape index (κ2) is 5.15. The molecule has 3 aromatic rings. The van der Waals surface area contributed by atoms with Crippen molar-refractivity contribution in [1.29, 1.82) is 0 Å². The van der Waals surface area contributed by atoms with Crippen molar-refractivity contribution in [1.82, 2.24) is 9.97 Å². The average molecular weight is 290 g/mol. The van der Waals surface area contributed by atoms with Gasteiger partial charge in [-0.2, -0.15) is 0 Å². The summed E-state index contributed by atoms with van der Waals surface area (Å²) in [7, 11) is 0. The van der Waals surface area contributed by atoms with Gasteiger partial charge in [-0.1, -0.05) is 12.1 Å². The van der Waals surface area contributed by atoms with Gasteiger partial charge in [0.2, 0.25) is 5.89 Å². The van der Waals surface area contributed by atoms with E-state index in [2.05, 4.69) is 9.97 Å². The van der Waals surface area contributed by atoms with Crippen LogP contribution in [0.25, 0.3) is 22.4 Å². The summed E-state index contributed by atoms with van der Waals surface area (Å²) in [6, 6.07) is 9.90. The van der Waals surface area contributed by atoms with Crippen LogP contribution in [0.15, 0.2) is 71.2 Å². The third-order valence-corrected chi connectivity index (χ3v) is 3.83. The van der Waals surface area contributed by atoms with Gasteiger partial charge in [-0.3, -0.25) is 4.98 Å². The Balaban J connectivity index is 1.66. The molecule has 1 aliphatic carbocycles. The van der Waals surface area contributed by atoms with Gasteiger partial charge in [0.15, 0.2) is 0 Å². The standard InChI is InChI=1S/C18H14N2O2/c21-15-6-3-12(4-7-15)17-11-22-18(20-17)14-5-8-16-13(10-14)2-1-9-19-16/h1-3,5-12,21H,4H2. The minimum atomic E-state index is 0.149. The van der Waals surface area contributed by atoms with Gasteiger partial charge in [-0.05, 0) is 42.8 Å². The first kappa shape index (κ1) is 12.8. The summed E-state index contributed by atoms with van der Waals surface area (Å²) in [5.41, 5.74) is 2.76. The minimum absolute atomic E-state index is 0.149. The third-order valence-electron chi connectivity index (χ3n) is 3.83. The van der Waals surface area contributed by atoms with E-state index in [0.717, 1.165) is 28.6 Å². The Morgan fingerprint density at radius 3 is 3.05 bits per heavy atom. The van der Waals surface area contributed by atoms with Gasteiger partial charge in [0.05, 0.1) is 11.2 Å². The van der Waals surface area contributed by atoms with Crippen molar-refractivity contribution in [3.8, 4) is 11.5 Å². The van der Waals surface area contributed by atoms with Crippen molar-refractivity contribution < 1.29 is 9.52 Å². The molecule has 1 unspecified atom stereocenters. The highest BCUT2D eigenvalue weighted by molar-refractivity contribution is 5.82. The van der Waals surface area contributed by atoms with E-state index in [-0.39, 0.29) is 5.92 Å². The molecule has 1 atom stereocenters. The lowest BCUT2D eigenvalue weighted by atomic mass is 9.97. The fraction of sp³-hybridized carbons (Fsp3) is 0.111. The van der Waals surface area contributed by atoms with Crippen LogP contribution < -0.4 is 0 Å². The van der Waals surface area contributed by atoms with E-state index < -0.39 is 0 Å². The molecule has 0 fully saturated rings. The van der Waals surface area contributed by atoms with E-state index in [1.54, 1.807) is 24.6 Å². The number of benzene rings is 1. The van der Waals surface area contributed by atoms with Crippen LogP contribution >= 0.6 is 0 Å². The Hall–Kier alpha value is -2.88. The maximum atomic E-state index is 9.38. The summed E-state index contributed by atoms with van der Waals surface area (Å²) in [4.78, 5) is 8.90. The van der Waals surface area contributed by atoms with Crippen LogP contribution in [0.1, 0.15) is 18.0 Å². The van der Waals surface area contributed by atoms with Crippen molar-refractivity contribution in [3.63, 3.8) is 0 Å². The molecule has 0 saturated carbocycles. The molecule has 0 amide bonds. The zero-order valence-electron chi connectivity index (χ0n) is 11.8. The molecule has 4 heteroatoms. The first-order valence-corrected chi connectivity index (χ1v) is 7.17. The molecule has 2 heterocycles. The second-order valence-corrected chi connectivity index (χ2v) is 5.32. The fourth-order valence-corrected chi connectivity index (χ4v) is 2.63. The quantitative estimate of drug-likeness (QED) is 0.761. The summed E-state index contributed by atoms with van der Waals surface area (Å²) in [5.74, 6) is 1.06. The number of pyridine rings is 1. The van der Waals surface area contributed by atoms with Crippen molar-refractivity contribution in [2.45, 2.75) is 12.3 Å². The van der Waals surface area contributed by atoms with E-state index in [0.29, 0.717) is 11.6 Å². The number of aromatic nitrogens is 2. The first-order valence-electron chi connectivity index (χ1n) is 7.17. The van der Waals surface area contributed by atoms with Crippen LogP contribution in [0.2, 0.25) is 0 Å². The smallest absolute Gasteiger partial charge is 0.226 e. The zero-order chi connectivity index (χ0) is 14.9. The second-order valence-electron chi connectivity index (χ2n) is 5.32. The summed E-state index contributed by atoms with van der Waals surface area (Å²) in [6.07, 6.45) is 9.64. The Kier molecular flexibility index (Phi) is 3.00. The van der Waals surface area contributed by atoms with Crippen molar-refractivity contribution in [2.75, 3.05) is 0 Å². The van der Waals surface area contributed by atoms with E-state index in [4.69, 9.17) is 4.42 Å². The van der Waals surface area contributed by atoms with Gasteiger partial charge in [0.1, 0.15) is 12.0 Å². The van der Waals surface area contributed by atoms with Gasteiger partial charge in [-0.15, -0.1) is 0 Å². The molecule has 0 radical (unpaired) electrons. The van der Waals surface area contributed by atoms with Crippen molar-refractivity contribution in [3.05, 3.63) is 72.5 Å².